The van der Waals surface area contributed by atoms with Gasteiger partial charge in [0.25, 0.3) is 0 Å². The van der Waals surface area contributed by atoms with E-state index in [9.17, 15) is 9.59 Å². The number of aromatic nitrogens is 3. The molecule has 0 unspecified atom stereocenters. The van der Waals surface area contributed by atoms with Gasteiger partial charge < -0.3 is 10.2 Å². The molecule has 7 nitrogen and oxygen atoms in total. The van der Waals surface area contributed by atoms with Crippen LogP contribution in [0.4, 0.5) is 0 Å². The molecule has 0 amide bonds. The smallest absolute Gasteiger partial charge is 0.313 e. The van der Waals surface area contributed by atoms with Crippen molar-refractivity contribution in [3.05, 3.63) is 5.82 Å². The minimum Gasteiger partial charge on any atom is -0.481 e. The van der Waals surface area contributed by atoms with Crippen LogP contribution in [0.3, 0.4) is 0 Å². The van der Waals surface area contributed by atoms with Gasteiger partial charge in [-0.2, -0.15) is 4.98 Å². The lowest BCUT2D eigenvalue weighted by atomic mass is 9.52. The maximum Gasteiger partial charge on any atom is 0.313 e. The second-order valence-corrected chi connectivity index (χ2v) is 9.47. The Kier molecular flexibility index (Phi) is 5.09. The molecule has 4 fully saturated rings. The monoisotopic (exact) mass is 395 g/mol. The van der Waals surface area contributed by atoms with Gasteiger partial charge in [0.2, 0.25) is 0 Å². The van der Waals surface area contributed by atoms with Gasteiger partial charge in [-0.05, 0) is 55.8 Å². The van der Waals surface area contributed by atoms with Gasteiger partial charge in [-0.25, -0.2) is 9.97 Å². The fourth-order valence-corrected chi connectivity index (χ4v) is 6.41. The predicted octanol–water partition coefficient (Wildman–Crippen LogP) is 2.76. The number of thioether (sulfide) groups is 2. The Morgan fingerprint density at radius 1 is 0.808 bits per heavy atom. The quantitative estimate of drug-likeness (QED) is 0.673. The Balaban J connectivity index is 1.61. The number of carboxylic acid groups (broad SMARTS) is 2. The van der Waals surface area contributed by atoms with E-state index in [1.54, 1.807) is 0 Å². The molecule has 0 saturated heterocycles. The first kappa shape index (κ1) is 18.0. The number of rotatable bonds is 7. The van der Waals surface area contributed by atoms with Gasteiger partial charge in [-0.15, -0.1) is 0 Å². The summed E-state index contributed by atoms with van der Waals surface area (Å²) in [7, 11) is 0. The van der Waals surface area contributed by atoms with Crippen LogP contribution in [0.5, 0.6) is 0 Å². The third kappa shape index (κ3) is 3.83. The van der Waals surface area contributed by atoms with Gasteiger partial charge in [0.05, 0.1) is 11.5 Å². The molecule has 2 N–H and O–H groups in total. The molecule has 4 aliphatic carbocycles. The number of hydrogen-bond donors (Lipinski definition) is 2. The van der Waals surface area contributed by atoms with Crippen LogP contribution >= 0.6 is 23.5 Å². The van der Waals surface area contributed by atoms with Crippen LogP contribution in [0.25, 0.3) is 0 Å². The molecule has 0 aliphatic heterocycles. The van der Waals surface area contributed by atoms with E-state index in [1.165, 1.54) is 32.1 Å². The Hall–Kier alpha value is -1.35. The number of aliphatic carboxylic acids is 2. The van der Waals surface area contributed by atoms with Crippen LogP contribution in [0.2, 0.25) is 0 Å². The largest absolute Gasteiger partial charge is 0.481 e. The third-order valence-corrected chi connectivity index (χ3v) is 7.45. The van der Waals surface area contributed by atoms with E-state index in [1.807, 2.05) is 0 Å². The number of hydrogen-bond acceptors (Lipinski definition) is 7. The lowest BCUT2D eigenvalue weighted by molar-refractivity contribution is -0.134. The number of nitrogens with zero attached hydrogens (tertiary/aromatic N) is 3. The van der Waals surface area contributed by atoms with Crippen LogP contribution in [0.15, 0.2) is 10.3 Å². The van der Waals surface area contributed by atoms with Crippen molar-refractivity contribution in [1.82, 2.24) is 15.0 Å². The second-order valence-electron chi connectivity index (χ2n) is 7.58. The van der Waals surface area contributed by atoms with Crippen LogP contribution < -0.4 is 0 Å². The summed E-state index contributed by atoms with van der Waals surface area (Å²) in [5, 5.41) is 18.6. The van der Waals surface area contributed by atoms with Gasteiger partial charge in [-0.1, -0.05) is 23.5 Å². The topological polar surface area (TPSA) is 113 Å². The highest BCUT2D eigenvalue weighted by Crippen LogP contribution is 2.59. The summed E-state index contributed by atoms with van der Waals surface area (Å²) in [6.07, 6.45) is 6.31. The Morgan fingerprint density at radius 3 is 1.69 bits per heavy atom. The van der Waals surface area contributed by atoms with Gasteiger partial charge >= 0.3 is 11.9 Å². The molecule has 4 bridgehead atoms. The van der Waals surface area contributed by atoms with E-state index in [0.717, 1.165) is 41.2 Å². The van der Waals surface area contributed by atoms with E-state index in [-0.39, 0.29) is 11.5 Å². The SMILES string of the molecule is O=C(O)CSc1nc(SCC(=O)O)nc(C2C3CC4CC(C3)CC2C4)n1. The highest BCUT2D eigenvalue weighted by atomic mass is 32.2. The molecule has 9 heteroatoms. The molecule has 0 aromatic carbocycles. The number of carbonyl (C=O) groups is 2. The summed E-state index contributed by atoms with van der Waals surface area (Å²) >= 11 is 2.14. The van der Waals surface area contributed by atoms with E-state index >= 15 is 0 Å². The Bertz CT molecular complexity index is 666. The lowest BCUT2D eigenvalue weighted by Gasteiger charge is -2.53. The third-order valence-electron chi connectivity index (χ3n) is 5.79. The molecule has 140 valence electrons. The standard InChI is InChI=1S/C17H21N3O4S2/c21-12(22)6-25-16-18-15(19-17(20-16)26-7-13(23)24)14-10-2-8-1-9(4-10)5-11(14)3-8/h8-11,14H,1-7H2,(H,21,22)(H,23,24). The second kappa shape index (κ2) is 7.34. The Labute approximate surface area is 159 Å². The molecule has 0 atom stereocenters. The van der Waals surface area contributed by atoms with Crippen LogP contribution in [0.1, 0.15) is 43.8 Å². The molecule has 0 spiro atoms. The molecule has 4 aliphatic rings. The molecule has 1 aromatic heterocycles. The normalized spacial score (nSPS) is 31.9. The van der Waals surface area contributed by atoms with Crippen molar-refractivity contribution < 1.29 is 19.8 Å². The van der Waals surface area contributed by atoms with E-state index in [2.05, 4.69) is 15.0 Å². The van der Waals surface area contributed by atoms with Crippen LogP contribution in [-0.2, 0) is 9.59 Å². The highest BCUT2D eigenvalue weighted by Gasteiger charge is 2.49. The molecule has 5 rings (SSSR count). The van der Waals surface area contributed by atoms with Crippen molar-refractivity contribution in [3.63, 3.8) is 0 Å². The maximum absolute atomic E-state index is 10.9. The average Bonchev–Trinajstić information content (AvgIpc) is 2.57. The minimum absolute atomic E-state index is 0.117. The maximum atomic E-state index is 10.9. The average molecular weight is 396 g/mol. The predicted molar refractivity (Wildman–Crippen MR) is 96.3 cm³/mol. The van der Waals surface area contributed by atoms with Crippen molar-refractivity contribution in [2.24, 2.45) is 23.7 Å². The molecule has 4 saturated carbocycles. The Morgan fingerprint density at radius 2 is 1.27 bits per heavy atom. The van der Waals surface area contributed by atoms with Gasteiger partial charge in [0, 0.05) is 5.92 Å². The van der Waals surface area contributed by atoms with Crippen molar-refractivity contribution in [2.45, 2.75) is 48.3 Å². The molecule has 1 heterocycles. The molecule has 1 aromatic rings. The molecular weight excluding hydrogens is 374 g/mol. The zero-order valence-electron chi connectivity index (χ0n) is 14.2. The van der Waals surface area contributed by atoms with Gasteiger partial charge in [0.15, 0.2) is 10.3 Å². The fourth-order valence-electron chi connectivity index (χ4n) is 5.23. The first-order valence-corrected chi connectivity index (χ1v) is 10.9. The van der Waals surface area contributed by atoms with E-state index in [4.69, 9.17) is 10.2 Å². The van der Waals surface area contributed by atoms with Gasteiger partial charge in [-0.3, -0.25) is 9.59 Å². The van der Waals surface area contributed by atoms with Gasteiger partial charge in [0.1, 0.15) is 5.82 Å². The van der Waals surface area contributed by atoms with Crippen molar-refractivity contribution in [3.8, 4) is 0 Å². The van der Waals surface area contributed by atoms with Crippen molar-refractivity contribution in [2.75, 3.05) is 11.5 Å². The zero-order valence-corrected chi connectivity index (χ0v) is 15.8. The van der Waals surface area contributed by atoms with E-state index in [0.29, 0.717) is 28.1 Å². The van der Waals surface area contributed by atoms with Crippen LogP contribution in [0, 0.1) is 23.7 Å². The molecule has 26 heavy (non-hydrogen) atoms. The lowest BCUT2D eigenvalue weighted by Crippen LogP contribution is -2.44. The first-order valence-electron chi connectivity index (χ1n) is 8.93. The van der Waals surface area contributed by atoms with Crippen molar-refractivity contribution in [1.29, 1.82) is 0 Å². The summed E-state index contributed by atoms with van der Waals surface area (Å²) < 4.78 is 0. The summed E-state index contributed by atoms with van der Waals surface area (Å²) in [6, 6.07) is 0. The highest BCUT2D eigenvalue weighted by molar-refractivity contribution is 8.00. The van der Waals surface area contributed by atoms with Crippen molar-refractivity contribution >= 4 is 35.5 Å². The fraction of sp³-hybridized carbons (Fsp3) is 0.706. The van der Waals surface area contributed by atoms with E-state index < -0.39 is 11.9 Å². The molecule has 0 radical (unpaired) electrons. The molecular formula is C17H21N3O4S2. The summed E-state index contributed by atoms with van der Waals surface area (Å²) in [4.78, 5) is 35.2. The minimum atomic E-state index is -0.925. The zero-order chi connectivity index (χ0) is 18.3. The first-order chi connectivity index (χ1) is 12.5. The number of carboxylic acids is 2. The van der Waals surface area contributed by atoms with Crippen LogP contribution in [-0.4, -0.2) is 48.6 Å². The summed E-state index contributed by atoms with van der Waals surface area (Å²) in [5.41, 5.74) is 0. The summed E-state index contributed by atoms with van der Waals surface area (Å²) in [6.45, 7) is 0. The summed E-state index contributed by atoms with van der Waals surface area (Å²) in [5.74, 6) is 1.86.